The molecule has 1 aromatic rings. The van der Waals surface area contributed by atoms with Crippen molar-refractivity contribution in [3.05, 3.63) is 33.8 Å². The van der Waals surface area contributed by atoms with E-state index in [9.17, 15) is 4.79 Å². The molecule has 1 rings (SSSR count). The van der Waals surface area contributed by atoms with Gasteiger partial charge < -0.3 is 10.8 Å². The van der Waals surface area contributed by atoms with Crippen molar-refractivity contribution in [3.8, 4) is 0 Å². The summed E-state index contributed by atoms with van der Waals surface area (Å²) < 4.78 is 0. The van der Waals surface area contributed by atoms with E-state index >= 15 is 0 Å². The molecule has 1 aromatic carbocycles. The lowest BCUT2D eigenvalue weighted by atomic mass is 10.00. The van der Waals surface area contributed by atoms with Gasteiger partial charge >= 0.3 is 5.97 Å². The van der Waals surface area contributed by atoms with Crippen LogP contribution in [0.4, 0.5) is 0 Å². The summed E-state index contributed by atoms with van der Waals surface area (Å²) >= 11 is 11.6. The average Bonchev–Trinajstić information content (AvgIpc) is 2.16. The molecule has 16 heavy (non-hydrogen) atoms. The second-order valence-electron chi connectivity index (χ2n) is 3.21. The highest BCUT2D eigenvalue weighted by Crippen LogP contribution is 2.23. The fraction of sp³-hybridized carbons (Fsp3) is 0.300. The fourth-order valence-electron chi connectivity index (χ4n) is 1.22. The Morgan fingerprint density at radius 1 is 1.44 bits per heavy atom. The normalized spacial score (nSPS) is 11.7. The molecule has 0 aliphatic rings. The van der Waals surface area contributed by atoms with Crippen LogP contribution in [0.2, 0.25) is 10.0 Å². The zero-order valence-corrected chi connectivity index (χ0v) is 10.6. The number of aliphatic carboxylic acids is 1. The van der Waals surface area contributed by atoms with Crippen molar-refractivity contribution in [1.82, 2.24) is 0 Å². The second kappa shape index (κ2) is 6.97. The van der Waals surface area contributed by atoms with E-state index in [0.29, 0.717) is 16.5 Å². The number of hydrogen-bond acceptors (Lipinski definition) is 2. The standard InChI is InChI=1S/C10H11Cl2NO2.ClH/c11-8-2-1-6(9(12)4-8)3-7(5-13)10(14)15;/h1-2,4,7H,3,5,13H2,(H,14,15);1H/t7-;/m0./s1. The Bertz CT molecular complexity index is 371. The SMILES string of the molecule is Cl.NC[C@H](Cc1ccc(Cl)cc1Cl)C(=O)O. The van der Waals surface area contributed by atoms with E-state index < -0.39 is 11.9 Å². The minimum atomic E-state index is -0.913. The molecule has 0 heterocycles. The van der Waals surface area contributed by atoms with Crippen LogP contribution < -0.4 is 5.73 Å². The molecule has 0 saturated heterocycles. The smallest absolute Gasteiger partial charge is 0.308 e. The Balaban J connectivity index is 0.00000225. The van der Waals surface area contributed by atoms with Crippen molar-refractivity contribution in [2.75, 3.05) is 6.54 Å². The number of nitrogens with two attached hydrogens (primary N) is 1. The molecule has 3 nitrogen and oxygen atoms in total. The number of carboxylic acid groups (broad SMARTS) is 1. The van der Waals surface area contributed by atoms with Crippen LogP contribution in [-0.2, 0) is 11.2 Å². The molecular formula is C10H12Cl3NO2. The molecule has 0 aliphatic heterocycles. The summed E-state index contributed by atoms with van der Waals surface area (Å²) in [6.07, 6.45) is 0.321. The monoisotopic (exact) mass is 283 g/mol. The minimum absolute atomic E-state index is 0. The highest BCUT2D eigenvalue weighted by atomic mass is 35.5. The van der Waals surface area contributed by atoms with E-state index in [1.54, 1.807) is 18.2 Å². The molecule has 0 bridgehead atoms. The van der Waals surface area contributed by atoms with Crippen LogP contribution in [0.25, 0.3) is 0 Å². The van der Waals surface area contributed by atoms with Gasteiger partial charge in [-0.05, 0) is 24.1 Å². The van der Waals surface area contributed by atoms with Crippen molar-refractivity contribution >= 4 is 41.6 Å². The molecule has 0 unspecified atom stereocenters. The van der Waals surface area contributed by atoms with Gasteiger partial charge in [-0.25, -0.2) is 0 Å². The van der Waals surface area contributed by atoms with Crippen molar-refractivity contribution in [2.45, 2.75) is 6.42 Å². The van der Waals surface area contributed by atoms with Crippen LogP contribution in [0, 0.1) is 5.92 Å². The van der Waals surface area contributed by atoms with Gasteiger partial charge in [-0.2, -0.15) is 0 Å². The lowest BCUT2D eigenvalue weighted by Gasteiger charge is -2.10. The van der Waals surface area contributed by atoms with Crippen LogP contribution in [0.3, 0.4) is 0 Å². The van der Waals surface area contributed by atoms with Gasteiger partial charge in [0.1, 0.15) is 0 Å². The largest absolute Gasteiger partial charge is 0.481 e. The Labute approximate surface area is 110 Å². The first-order chi connectivity index (χ1) is 7.04. The van der Waals surface area contributed by atoms with E-state index in [4.69, 9.17) is 34.0 Å². The highest BCUT2D eigenvalue weighted by molar-refractivity contribution is 6.35. The molecule has 1 atom stereocenters. The van der Waals surface area contributed by atoms with Crippen LogP contribution >= 0.6 is 35.6 Å². The number of carboxylic acids is 1. The Kier molecular flexibility index (Phi) is 6.76. The molecule has 0 radical (unpaired) electrons. The summed E-state index contributed by atoms with van der Waals surface area (Å²) in [5.74, 6) is -1.52. The zero-order valence-electron chi connectivity index (χ0n) is 8.32. The summed E-state index contributed by atoms with van der Waals surface area (Å²) in [5, 5.41) is 9.84. The first-order valence-electron chi connectivity index (χ1n) is 4.41. The van der Waals surface area contributed by atoms with Gasteiger partial charge in [0.05, 0.1) is 5.92 Å². The number of rotatable bonds is 4. The van der Waals surface area contributed by atoms with Crippen LogP contribution in [-0.4, -0.2) is 17.6 Å². The van der Waals surface area contributed by atoms with Gasteiger partial charge in [0.15, 0.2) is 0 Å². The first kappa shape index (κ1) is 15.5. The molecule has 0 aromatic heterocycles. The molecule has 90 valence electrons. The Morgan fingerprint density at radius 2 is 2.06 bits per heavy atom. The lowest BCUT2D eigenvalue weighted by molar-refractivity contribution is -0.141. The van der Waals surface area contributed by atoms with E-state index in [0.717, 1.165) is 5.56 Å². The number of halogens is 3. The molecule has 6 heteroatoms. The van der Waals surface area contributed by atoms with Crippen molar-refractivity contribution < 1.29 is 9.90 Å². The minimum Gasteiger partial charge on any atom is -0.481 e. The van der Waals surface area contributed by atoms with Crippen LogP contribution in [0.5, 0.6) is 0 Å². The number of benzene rings is 1. The highest BCUT2D eigenvalue weighted by Gasteiger charge is 2.17. The van der Waals surface area contributed by atoms with Crippen molar-refractivity contribution in [3.63, 3.8) is 0 Å². The molecule has 3 N–H and O–H groups in total. The Morgan fingerprint density at radius 3 is 2.50 bits per heavy atom. The van der Waals surface area contributed by atoms with Gasteiger partial charge in [0, 0.05) is 16.6 Å². The third-order valence-electron chi connectivity index (χ3n) is 2.12. The predicted octanol–water partition coefficient (Wildman–Crippen LogP) is 2.62. The van der Waals surface area contributed by atoms with E-state index in [-0.39, 0.29) is 19.0 Å². The maximum atomic E-state index is 10.8. The van der Waals surface area contributed by atoms with Gasteiger partial charge in [-0.1, -0.05) is 29.3 Å². The number of carbonyl (C=O) groups is 1. The molecule has 0 saturated carbocycles. The topological polar surface area (TPSA) is 63.3 Å². The molecule has 0 spiro atoms. The van der Waals surface area contributed by atoms with E-state index in [2.05, 4.69) is 0 Å². The summed E-state index contributed by atoms with van der Waals surface area (Å²) in [7, 11) is 0. The summed E-state index contributed by atoms with van der Waals surface area (Å²) in [6, 6.07) is 4.99. The third-order valence-corrected chi connectivity index (χ3v) is 2.70. The van der Waals surface area contributed by atoms with Crippen LogP contribution in [0.15, 0.2) is 18.2 Å². The van der Waals surface area contributed by atoms with Crippen molar-refractivity contribution in [1.29, 1.82) is 0 Å². The van der Waals surface area contributed by atoms with E-state index in [1.165, 1.54) is 0 Å². The predicted molar refractivity (Wildman–Crippen MR) is 67.6 cm³/mol. The average molecular weight is 285 g/mol. The molecule has 0 fully saturated rings. The molecule has 0 amide bonds. The Hall–Kier alpha value is -0.480. The summed E-state index contributed by atoms with van der Waals surface area (Å²) in [4.78, 5) is 10.8. The maximum Gasteiger partial charge on any atom is 0.308 e. The lowest BCUT2D eigenvalue weighted by Crippen LogP contribution is -2.25. The van der Waals surface area contributed by atoms with Crippen LogP contribution in [0.1, 0.15) is 5.56 Å². The summed E-state index contributed by atoms with van der Waals surface area (Å²) in [5.41, 5.74) is 6.10. The van der Waals surface area contributed by atoms with Gasteiger partial charge in [-0.15, -0.1) is 12.4 Å². The summed E-state index contributed by atoms with van der Waals surface area (Å²) in [6.45, 7) is 0.0916. The second-order valence-corrected chi connectivity index (χ2v) is 4.05. The zero-order chi connectivity index (χ0) is 11.4. The fourth-order valence-corrected chi connectivity index (χ4v) is 1.71. The van der Waals surface area contributed by atoms with E-state index in [1.807, 2.05) is 0 Å². The first-order valence-corrected chi connectivity index (χ1v) is 5.17. The molecular weight excluding hydrogens is 272 g/mol. The maximum absolute atomic E-state index is 10.8. The van der Waals surface area contributed by atoms with Gasteiger partial charge in [0.25, 0.3) is 0 Å². The number of hydrogen-bond donors (Lipinski definition) is 2. The third kappa shape index (κ3) is 4.18. The molecule has 0 aliphatic carbocycles. The quantitative estimate of drug-likeness (QED) is 0.893. The van der Waals surface area contributed by atoms with Crippen molar-refractivity contribution in [2.24, 2.45) is 11.7 Å². The van der Waals surface area contributed by atoms with Gasteiger partial charge in [-0.3, -0.25) is 4.79 Å². The van der Waals surface area contributed by atoms with Gasteiger partial charge in [0.2, 0.25) is 0 Å².